The topological polar surface area (TPSA) is 93.9 Å². The number of imide groups is 1. The molecule has 0 radical (unpaired) electrons. The van der Waals surface area contributed by atoms with Crippen LogP contribution >= 0.6 is 0 Å². The number of nitrogens with zero attached hydrogens (tertiary/aromatic N) is 1. The molecule has 0 saturated heterocycles. The number of benzene rings is 2. The van der Waals surface area contributed by atoms with Crippen LogP contribution in [0.25, 0.3) is 11.0 Å². The number of fused-ring (bicyclic) bond motifs is 2. The van der Waals surface area contributed by atoms with Crippen LogP contribution in [0.2, 0.25) is 0 Å². The third-order valence-corrected chi connectivity index (χ3v) is 5.60. The van der Waals surface area contributed by atoms with Crippen LogP contribution in [0.1, 0.15) is 51.6 Å². The van der Waals surface area contributed by atoms with Gasteiger partial charge in [0.2, 0.25) is 0 Å². The van der Waals surface area contributed by atoms with Gasteiger partial charge in [-0.2, -0.15) is 0 Å². The molecule has 32 heavy (non-hydrogen) atoms. The van der Waals surface area contributed by atoms with Crippen LogP contribution in [0, 0.1) is 6.92 Å². The average Bonchev–Trinajstić information content (AvgIpc) is 3.02. The summed E-state index contributed by atoms with van der Waals surface area (Å²) in [6, 6.07) is 11.7. The predicted octanol–water partition coefficient (Wildman–Crippen LogP) is 3.69. The molecule has 1 aliphatic rings. The lowest BCUT2D eigenvalue weighted by Gasteiger charge is -2.14. The van der Waals surface area contributed by atoms with E-state index >= 15 is 0 Å². The molecule has 2 aromatic carbocycles. The Kier molecular flexibility index (Phi) is 5.90. The first kappa shape index (κ1) is 21.5. The van der Waals surface area contributed by atoms with Gasteiger partial charge >= 0.3 is 5.63 Å². The molecule has 0 spiro atoms. The predicted molar refractivity (Wildman–Crippen MR) is 118 cm³/mol. The molecule has 0 unspecified atom stereocenters. The van der Waals surface area contributed by atoms with Gasteiger partial charge < -0.3 is 9.15 Å². The van der Waals surface area contributed by atoms with Crippen molar-refractivity contribution >= 4 is 28.6 Å². The highest BCUT2D eigenvalue weighted by molar-refractivity contribution is 6.21. The second kappa shape index (κ2) is 8.78. The summed E-state index contributed by atoms with van der Waals surface area (Å²) in [6.45, 7) is 3.60. The van der Waals surface area contributed by atoms with Crippen LogP contribution in [-0.4, -0.2) is 35.6 Å². The van der Waals surface area contributed by atoms with Crippen LogP contribution in [0.5, 0.6) is 5.75 Å². The van der Waals surface area contributed by atoms with E-state index in [0.29, 0.717) is 28.0 Å². The molecule has 1 aromatic heterocycles. The van der Waals surface area contributed by atoms with Gasteiger partial charge in [0.25, 0.3) is 11.8 Å². The molecule has 7 heteroatoms. The number of ether oxygens (including phenoxy) is 1. The quantitative estimate of drug-likeness (QED) is 0.397. The fourth-order valence-corrected chi connectivity index (χ4v) is 3.95. The van der Waals surface area contributed by atoms with Crippen LogP contribution in [0.3, 0.4) is 0 Å². The Labute approximate surface area is 184 Å². The zero-order valence-corrected chi connectivity index (χ0v) is 18.0. The van der Waals surface area contributed by atoms with Gasteiger partial charge in [-0.15, -0.1) is 0 Å². The molecule has 164 valence electrons. The van der Waals surface area contributed by atoms with E-state index in [9.17, 15) is 19.2 Å². The van der Waals surface area contributed by atoms with Crippen molar-refractivity contribution in [1.29, 1.82) is 0 Å². The highest BCUT2D eigenvalue weighted by Crippen LogP contribution is 2.29. The zero-order chi connectivity index (χ0) is 22.8. The summed E-state index contributed by atoms with van der Waals surface area (Å²) >= 11 is 0. The molecule has 3 aromatic rings. The van der Waals surface area contributed by atoms with Gasteiger partial charge in [-0.3, -0.25) is 19.3 Å². The molecule has 0 saturated carbocycles. The normalized spacial score (nSPS) is 13.0. The van der Waals surface area contributed by atoms with Crippen LogP contribution in [-0.2, 0) is 11.2 Å². The Balaban J connectivity index is 1.41. The Hall–Kier alpha value is -3.74. The van der Waals surface area contributed by atoms with E-state index in [4.69, 9.17) is 9.15 Å². The minimum Gasteiger partial charge on any atom is -0.485 e. The fraction of sp³-hybridized carbons (Fsp3) is 0.280. The molecule has 7 nitrogen and oxygen atoms in total. The van der Waals surface area contributed by atoms with Crippen LogP contribution in [0.4, 0.5) is 0 Å². The molecule has 0 N–H and O–H groups in total. The highest BCUT2D eigenvalue weighted by atomic mass is 16.5. The summed E-state index contributed by atoms with van der Waals surface area (Å²) in [5.41, 5.74) is 2.32. The van der Waals surface area contributed by atoms with Gasteiger partial charge in [-0.25, -0.2) is 4.79 Å². The number of carbonyl (C=O) groups excluding carboxylic acids is 3. The molecule has 2 heterocycles. The number of Topliss-reactive ketones (excluding diaryl/α,β-unsaturated/α-hetero) is 1. The van der Waals surface area contributed by atoms with Crippen molar-refractivity contribution in [3.05, 3.63) is 75.1 Å². The second-order valence-electron chi connectivity index (χ2n) is 7.79. The van der Waals surface area contributed by atoms with E-state index < -0.39 is 5.63 Å². The molecule has 0 fully saturated rings. The van der Waals surface area contributed by atoms with Crippen molar-refractivity contribution in [2.45, 2.75) is 33.1 Å². The summed E-state index contributed by atoms with van der Waals surface area (Å²) in [5.74, 6) is -0.573. The number of amides is 2. The van der Waals surface area contributed by atoms with E-state index in [-0.39, 0.29) is 37.2 Å². The molecular weight excluding hydrogens is 410 g/mol. The van der Waals surface area contributed by atoms with E-state index in [0.717, 1.165) is 28.7 Å². The highest BCUT2D eigenvalue weighted by Gasteiger charge is 2.34. The smallest absolute Gasteiger partial charge is 0.336 e. The zero-order valence-electron chi connectivity index (χ0n) is 18.0. The summed E-state index contributed by atoms with van der Waals surface area (Å²) in [4.78, 5) is 50.2. The third-order valence-electron chi connectivity index (χ3n) is 5.60. The van der Waals surface area contributed by atoms with Crippen molar-refractivity contribution in [1.82, 2.24) is 4.90 Å². The number of ketones is 1. The first-order valence-electron chi connectivity index (χ1n) is 10.6. The van der Waals surface area contributed by atoms with Crippen molar-refractivity contribution < 1.29 is 23.5 Å². The van der Waals surface area contributed by atoms with Gasteiger partial charge in [0.15, 0.2) is 5.78 Å². The van der Waals surface area contributed by atoms with Gasteiger partial charge in [0, 0.05) is 30.0 Å². The molecule has 2 amide bonds. The van der Waals surface area contributed by atoms with Gasteiger partial charge in [-0.1, -0.05) is 25.5 Å². The Morgan fingerprint density at radius 1 is 1.03 bits per heavy atom. The molecule has 0 bridgehead atoms. The summed E-state index contributed by atoms with van der Waals surface area (Å²) in [6.07, 6.45) is 1.66. The molecule has 0 aliphatic carbocycles. The largest absolute Gasteiger partial charge is 0.485 e. The second-order valence-corrected chi connectivity index (χ2v) is 7.79. The fourth-order valence-electron chi connectivity index (χ4n) is 3.95. The van der Waals surface area contributed by atoms with Crippen molar-refractivity contribution in [2.24, 2.45) is 0 Å². The molecular formula is C25H23NO6. The average molecular weight is 433 g/mol. The first-order chi connectivity index (χ1) is 15.4. The number of hydrogen-bond acceptors (Lipinski definition) is 6. The van der Waals surface area contributed by atoms with Crippen LogP contribution < -0.4 is 10.4 Å². The summed E-state index contributed by atoms with van der Waals surface area (Å²) < 4.78 is 11.1. The lowest BCUT2D eigenvalue weighted by molar-refractivity contribution is -0.121. The van der Waals surface area contributed by atoms with E-state index in [1.165, 1.54) is 6.07 Å². The third kappa shape index (κ3) is 3.93. The maximum absolute atomic E-state index is 12.4. The minimum absolute atomic E-state index is 0.000491. The lowest BCUT2D eigenvalue weighted by Crippen LogP contribution is -2.32. The van der Waals surface area contributed by atoms with Gasteiger partial charge in [0.05, 0.1) is 11.1 Å². The molecule has 1 aliphatic heterocycles. The van der Waals surface area contributed by atoms with Crippen molar-refractivity contribution in [2.75, 3.05) is 13.2 Å². The van der Waals surface area contributed by atoms with Gasteiger partial charge in [0.1, 0.15) is 17.9 Å². The first-order valence-corrected chi connectivity index (χ1v) is 10.6. The number of rotatable bonds is 8. The maximum atomic E-state index is 12.4. The lowest BCUT2D eigenvalue weighted by atomic mass is 10.0. The molecule has 0 atom stereocenters. The SMILES string of the molecule is CCCc1cc(=O)oc2c(C)c(OCC(=O)CCN3C(=O)c4ccccc4C3=O)ccc12. The Bertz CT molecular complexity index is 1250. The number of carbonyl (C=O) groups is 3. The Morgan fingerprint density at radius 3 is 2.38 bits per heavy atom. The molecule has 4 rings (SSSR count). The van der Waals surface area contributed by atoms with Crippen LogP contribution in [0.15, 0.2) is 51.7 Å². The van der Waals surface area contributed by atoms with E-state index in [1.807, 2.05) is 13.0 Å². The standard InChI is InChI=1S/C25H23NO6/c1-3-6-16-13-22(28)32-23-15(2)21(10-9-18(16)23)31-14-17(27)11-12-26-24(29)19-7-4-5-8-20(19)25(26)30/h4-5,7-10,13H,3,6,11-12,14H2,1-2H3. The van der Waals surface area contributed by atoms with Gasteiger partial charge in [-0.05, 0) is 43.2 Å². The van der Waals surface area contributed by atoms with E-state index in [1.54, 1.807) is 37.3 Å². The van der Waals surface area contributed by atoms with Crippen molar-refractivity contribution in [3.63, 3.8) is 0 Å². The minimum atomic E-state index is -0.418. The summed E-state index contributed by atoms with van der Waals surface area (Å²) in [5, 5.41) is 0.855. The maximum Gasteiger partial charge on any atom is 0.336 e. The summed E-state index contributed by atoms with van der Waals surface area (Å²) in [7, 11) is 0. The monoisotopic (exact) mass is 433 g/mol. The van der Waals surface area contributed by atoms with E-state index in [2.05, 4.69) is 0 Å². The van der Waals surface area contributed by atoms with Crippen molar-refractivity contribution in [3.8, 4) is 5.75 Å². The number of hydrogen-bond donors (Lipinski definition) is 0. The number of aryl methyl sites for hydroxylation is 2. The Morgan fingerprint density at radius 2 is 1.72 bits per heavy atom.